The van der Waals surface area contributed by atoms with Crippen LogP contribution in [0.15, 0.2) is 18.2 Å². The molecular formula is C21H34N2O5. The Kier molecular flexibility index (Phi) is 8.60. The van der Waals surface area contributed by atoms with Gasteiger partial charge in [0.05, 0.1) is 21.3 Å². The Bertz CT molecular complexity index is 669. The first kappa shape index (κ1) is 23.6. The third-order valence-electron chi connectivity index (χ3n) is 4.52. The molecule has 0 fully saturated rings. The topological polar surface area (TPSA) is 68.3 Å². The van der Waals surface area contributed by atoms with Crippen molar-refractivity contribution in [2.75, 3.05) is 34.9 Å². The van der Waals surface area contributed by atoms with Crippen molar-refractivity contribution >= 4 is 12.0 Å². The molecule has 0 aromatic heterocycles. The maximum absolute atomic E-state index is 12.6. The number of carbonyl (C=O) groups is 2. The van der Waals surface area contributed by atoms with E-state index in [0.717, 1.165) is 5.56 Å². The van der Waals surface area contributed by atoms with E-state index in [9.17, 15) is 9.59 Å². The molecule has 0 saturated carbocycles. The van der Waals surface area contributed by atoms with E-state index in [4.69, 9.17) is 14.2 Å². The van der Waals surface area contributed by atoms with Gasteiger partial charge in [0.25, 0.3) is 0 Å². The molecule has 1 aromatic rings. The van der Waals surface area contributed by atoms with E-state index < -0.39 is 0 Å². The first-order valence-corrected chi connectivity index (χ1v) is 9.33. The standard InChI is InChI=1S/C21H34N2O5/c1-15(13-23(20(25)28-8)21(2,3)4)11-19(24)22(5)14-16-9-10-17(26-6)18(12-16)27-7/h9-10,12,15H,11,13-14H2,1-8H3. The van der Waals surface area contributed by atoms with Crippen LogP contribution in [-0.2, 0) is 16.1 Å². The number of hydrogen-bond donors (Lipinski definition) is 0. The van der Waals surface area contributed by atoms with Gasteiger partial charge in [0.2, 0.25) is 5.91 Å². The van der Waals surface area contributed by atoms with Gasteiger partial charge in [0.1, 0.15) is 0 Å². The third-order valence-corrected chi connectivity index (χ3v) is 4.52. The number of amides is 2. The molecule has 2 amide bonds. The highest BCUT2D eigenvalue weighted by Gasteiger charge is 2.29. The number of methoxy groups -OCH3 is 3. The molecule has 0 spiro atoms. The number of hydrogen-bond acceptors (Lipinski definition) is 5. The zero-order valence-corrected chi connectivity index (χ0v) is 18.4. The summed E-state index contributed by atoms with van der Waals surface area (Å²) in [6.07, 6.45) is -0.0432. The van der Waals surface area contributed by atoms with Gasteiger partial charge in [0, 0.05) is 32.1 Å². The Balaban J connectivity index is 2.72. The first-order chi connectivity index (χ1) is 13.0. The molecule has 1 unspecified atom stereocenters. The minimum atomic E-state index is -0.384. The van der Waals surface area contributed by atoms with Gasteiger partial charge >= 0.3 is 6.09 Å². The first-order valence-electron chi connectivity index (χ1n) is 9.33. The molecule has 1 atom stereocenters. The molecule has 0 radical (unpaired) electrons. The second-order valence-corrected chi connectivity index (χ2v) is 8.00. The number of nitrogens with zero attached hydrogens (tertiary/aromatic N) is 2. The van der Waals surface area contributed by atoms with Crippen molar-refractivity contribution in [2.24, 2.45) is 5.92 Å². The molecule has 0 saturated heterocycles. The van der Waals surface area contributed by atoms with Crippen LogP contribution in [0.4, 0.5) is 4.79 Å². The molecule has 0 aliphatic carbocycles. The van der Waals surface area contributed by atoms with Crippen molar-refractivity contribution in [2.45, 2.75) is 46.2 Å². The molecule has 7 nitrogen and oxygen atoms in total. The van der Waals surface area contributed by atoms with Gasteiger partial charge < -0.3 is 24.0 Å². The molecule has 1 rings (SSSR count). The summed E-state index contributed by atoms with van der Waals surface area (Å²) in [5.74, 6) is 1.30. The van der Waals surface area contributed by atoms with Gasteiger partial charge in [-0.25, -0.2) is 4.79 Å². The molecule has 28 heavy (non-hydrogen) atoms. The highest BCUT2D eigenvalue weighted by molar-refractivity contribution is 5.76. The number of benzene rings is 1. The van der Waals surface area contributed by atoms with Crippen molar-refractivity contribution < 1.29 is 23.8 Å². The largest absolute Gasteiger partial charge is 0.493 e. The van der Waals surface area contributed by atoms with Crippen LogP contribution in [0.3, 0.4) is 0 Å². The van der Waals surface area contributed by atoms with Crippen molar-refractivity contribution in [1.29, 1.82) is 0 Å². The maximum atomic E-state index is 12.6. The summed E-state index contributed by atoms with van der Waals surface area (Å²) in [5.41, 5.74) is 0.572. The fourth-order valence-corrected chi connectivity index (χ4v) is 2.90. The van der Waals surface area contributed by atoms with Crippen LogP contribution in [0.25, 0.3) is 0 Å². The van der Waals surface area contributed by atoms with Crippen LogP contribution in [0.1, 0.15) is 39.7 Å². The summed E-state index contributed by atoms with van der Waals surface area (Å²) in [6, 6.07) is 5.60. The van der Waals surface area contributed by atoms with E-state index in [-0.39, 0.29) is 23.5 Å². The summed E-state index contributed by atoms with van der Waals surface area (Å²) in [7, 11) is 6.31. The summed E-state index contributed by atoms with van der Waals surface area (Å²) >= 11 is 0. The van der Waals surface area contributed by atoms with Crippen molar-refractivity contribution in [1.82, 2.24) is 9.80 Å². The summed E-state index contributed by atoms with van der Waals surface area (Å²) in [4.78, 5) is 28.0. The lowest BCUT2D eigenvalue weighted by Crippen LogP contribution is -2.48. The van der Waals surface area contributed by atoms with Gasteiger partial charge in [-0.3, -0.25) is 4.79 Å². The molecule has 0 N–H and O–H groups in total. The molecule has 0 heterocycles. The van der Waals surface area contributed by atoms with E-state index in [1.54, 1.807) is 31.1 Å². The van der Waals surface area contributed by atoms with E-state index in [1.165, 1.54) is 7.11 Å². The highest BCUT2D eigenvalue weighted by atomic mass is 16.5. The van der Waals surface area contributed by atoms with Crippen molar-refractivity contribution in [3.05, 3.63) is 23.8 Å². The van der Waals surface area contributed by atoms with Crippen LogP contribution < -0.4 is 9.47 Å². The van der Waals surface area contributed by atoms with Gasteiger partial charge in [-0.1, -0.05) is 13.0 Å². The van der Waals surface area contributed by atoms with Crippen LogP contribution in [0.2, 0.25) is 0 Å². The molecular weight excluding hydrogens is 360 g/mol. The van der Waals surface area contributed by atoms with Crippen LogP contribution >= 0.6 is 0 Å². The number of rotatable bonds is 8. The predicted molar refractivity (Wildman–Crippen MR) is 109 cm³/mol. The fraction of sp³-hybridized carbons (Fsp3) is 0.619. The quantitative estimate of drug-likeness (QED) is 0.674. The molecule has 7 heteroatoms. The van der Waals surface area contributed by atoms with Gasteiger partial charge in [-0.2, -0.15) is 0 Å². The average molecular weight is 395 g/mol. The lowest BCUT2D eigenvalue weighted by Gasteiger charge is -2.36. The lowest BCUT2D eigenvalue weighted by molar-refractivity contribution is -0.131. The number of carbonyl (C=O) groups excluding carboxylic acids is 2. The van der Waals surface area contributed by atoms with Crippen LogP contribution in [0, 0.1) is 5.92 Å². The second-order valence-electron chi connectivity index (χ2n) is 8.00. The van der Waals surface area contributed by atoms with Crippen molar-refractivity contribution in [3.8, 4) is 11.5 Å². The van der Waals surface area contributed by atoms with E-state index >= 15 is 0 Å². The monoisotopic (exact) mass is 394 g/mol. The third kappa shape index (κ3) is 6.62. The van der Waals surface area contributed by atoms with E-state index in [0.29, 0.717) is 31.0 Å². The smallest absolute Gasteiger partial charge is 0.409 e. The summed E-state index contributed by atoms with van der Waals surface area (Å²) in [5, 5.41) is 0. The summed E-state index contributed by atoms with van der Waals surface area (Å²) < 4.78 is 15.4. The average Bonchev–Trinajstić information content (AvgIpc) is 2.64. The van der Waals surface area contributed by atoms with Crippen LogP contribution in [-0.4, -0.2) is 62.3 Å². The van der Waals surface area contributed by atoms with E-state index in [1.807, 2.05) is 45.9 Å². The van der Waals surface area contributed by atoms with Crippen LogP contribution in [0.5, 0.6) is 11.5 Å². The Morgan fingerprint density at radius 3 is 2.18 bits per heavy atom. The normalized spacial score (nSPS) is 12.1. The minimum Gasteiger partial charge on any atom is -0.493 e. The Morgan fingerprint density at radius 2 is 1.68 bits per heavy atom. The van der Waals surface area contributed by atoms with Gasteiger partial charge in [0.15, 0.2) is 11.5 Å². The van der Waals surface area contributed by atoms with Gasteiger partial charge in [-0.05, 0) is 44.4 Å². The zero-order chi connectivity index (χ0) is 21.5. The second kappa shape index (κ2) is 10.2. The predicted octanol–water partition coefficient (Wildman–Crippen LogP) is 3.56. The zero-order valence-electron chi connectivity index (χ0n) is 18.4. The van der Waals surface area contributed by atoms with Crippen molar-refractivity contribution in [3.63, 3.8) is 0 Å². The Hall–Kier alpha value is -2.44. The van der Waals surface area contributed by atoms with E-state index in [2.05, 4.69) is 0 Å². The summed E-state index contributed by atoms with van der Waals surface area (Å²) in [6.45, 7) is 8.72. The Labute approximate surface area is 168 Å². The highest BCUT2D eigenvalue weighted by Crippen LogP contribution is 2.28. The molecule has 0 aliphatic heterocycles. The molecule has 158 valence electrons. The molecule has 0 aliphatic rings. The SMILES string of the molecule is COC(=O)N(CC(C)CC(=O)N(C)Cc1ccc(OC)c(OC)c1)C(C)(C)C. The minimum absolute atomic E-state index is 0.00122. The molecule has 1 aromatic carbocycles. The number of ether oxygens (including phenoxy) is 3. The fourth-order valence-electron chi connectivity index (χ4n) is 2.90. The lowest BCUT2D eigenvalue weighted by atomic mass is 10.0. The Morgan fingerprint density at radius 1 is 1.07 bits per heavy atom. The maximum Gasteiger partial charge on any atom is 0.409 e. The molecule has 0 bridgehead atoms. The van der Waals surface area contributed by atoms with Gasteiger partial charge in [-0.15, -0.1) is 0 Å².